The van der Waals surface area contributed by atoms with Crippen LogP contribution in [0.2, 0.25) is 0 Å². The van der Waals surface area contributed by atoms with E-state index in [0.717, 1.165) is 63.9 Å². The number of hydrogen-bond acceptors (Lipinski definition) is 5. The fraction of sp³-hybridized carbons (Fsp3) is 0.611. The van der Waals surface area contributed by atoms with E-state index >= 15 is 0 Å². The van der Waals surface area contributed by atoms with E-state index in [-0.39, 0.29) is 0 Å². The highest BCUT2D eigenvalue weighted by molar-refractivity contribution is 7.90. The van der Waals surface area contributed by atoms with Gasteiger partial charge in [0.1, 0.15) is 0 Å². The highest BCUT2D eigenvalue weighted by Gasteiger charge is 2.09. The first kappa shape index (κ1) is 20.7. The molecule has 0 bridgehead atoms. The molecule has 1 aromatic rings. The molecule has 1 aliphatic rings. The third-order valence-electron chi connectivity index (χ3n) is 4.16. The van der Waals surface area contributed by atoms with Crippen molar-refractivity contribution in [3.8, 4) is 0 Å². The minimum absolute atomic E-state index is 0.332. The Morgan fingerprint density at radius 2 is 1.88 bits per heavy atom. The second kappa shape index (κ2) is 10.5. The molecule has 0 aromatic heterocycles. The van der Waals surface area contributed by atoms with Gasteiger partial charge < -0.3 is 15.4 Å². The Morgan fingerprint density at radius 3 is 2.50 bits per heavy atom. The molecule has 0 aliphatic carbocycles. The fourth-order valence-electron chi connectivity index (χ4n) is 2.69. The summed E-state index contributed by atoms with van der Waals surface area (Å²) in [7, 11) is -3.16. The van der Waals surface area contributed by atoms with Gasteiger partial charge in [-0.1, -0.05) is 12.1 Å². The molecule has 0 unspecified atom stereocenters. The van der Waals surface area contributed by atoms with Crippen LogP contribution in [0.4, 0.5) is 0 Å². The Bertz CT molecular complexity index is 668. The molecular formula is C18H30N4O3S. The van der Waals surface area contributed by atoms with Gasteiger partial charge in [-0.2, -0.15) is 0 Å². The molecule has 7 nitrogen and oxygen atoms in total. The van der Waals surface area contributed by atoms with E-state index in [1.165, 1.54) is 6.26 Å². The molecule has 8 heteroatoms. The maximum Gasteiger partial charge on any atom is 0.191 e. The van der Waals surface area contributed by atoms with Crippen LogP contribution in [0, 0.1) is 0 Å². The molecule has 146 valence electrons. The van der Waals surface area contributed by atoms with Gasteiger partial charge in [-0.05, 0) is 37.6 Å². The van der Waals surface area contributed by atoms with Crippen LogP contribution < -0.4 is 10.6 Å². The van der Waals surface area contributed by atoms with Crippen molar-refractivity contribution in [3.63, 3.8) is 0 Å². The lowest BCUT2D eigenvalue weighted by Crippen LogP contribution is -2.40. The van der Waals surface area contributed by atoms with Crippen molar-refractivity contribution in [1.82, 2.24) is 15.5 Å². The predicted molar refractivity (Wildman–Crippen MR) is 104 cm³/mol. The molecule has 0 amide bonds. The topological polar surface area (TPSA) is 83.0 Å². The summed E-state index contributed by atoms with van der Waals surface area (Å²) in [6, 6.07) is 6.87. The van der Waals surface area contributed by atoms with Gasteiger partial charge in [0.2, 0.25) is 0 Å². The summed E-state index contributed by atoms with van der Waals surface area (Å²) in [6.45, 7) is 8.93. The number of aliphatic imine (C=N–C) groups is 1. The fourth-order valence-corrected chi connectivity index (χ4v) is 3.32. The van der Waals surface area contributed by atoms with E-state index in [1.807, 2.05) is 19.1 Å². The summed E-state index contributed by atoms with van der Waals surface area (Å²) in [5, 5.41) is 6.59. The van der Waals surface area contributed by atoms with Crippen LogP contribution in [0.3, 0.4) is 0 Å². The Kier molecular flexibility index (Phi) is 8.34. The first-order valence-electron chi connectivity index (χ1n) is 9.10. The van der Waals surface area contributed by atoms with Gasteiger partial charge in [-0.3, -0.25) is 4.90 Å². The van der Waals surface area contributed by atoms with Gasteiger partial charge >= 0.3 is 0 Å². The minimum atomic E-state index is -3.16. The lowest BCUT2D eigenvalue weighted by Gasteiger charge is -2.26. The summed E-state index contributed by atoms with van der Waals surface area (Å²) in [4.78, 5) is 7.32. The lowest BCUT2D eigenvalue weighted by atomic mass is 10.2. The SMILES string of the molecule is CCNC(=NCc1ccc(S(C)(=O)=O)cc1)NCCCN1CCOCC1. The number of rotatable bonds is 8. The third kappa shape index (κ3) is 7.31. The molecule has 0 atom stereocenters. The maximum atomic E-state index is 11.5. The lowest BCUT2D eigenvalue weighted by molar-refractivity contribution is 0.0376. The van der Waals surface area contributed by atoms with Crippen molar-refractivity contribution in [1.29, 1.82) is 0 Å². The van der Waals surface area contributed by atoms with Gasteiger partial charge in [0, 0.05) is 32.4 Å². The Morgan fingerprint density at radius 1 is 1.19 bits per heavy atom. The number of nitrogens with zero attached hydrogens (tertiary/aromatic N) is 2. The van der Waals surface area contributed by atoms with E-state index in [9.17, 15) is 8.42 Å². The van der Waals surface area contributed by atoms with Gasteiger partial charge in [0.25, 0.3) is 0 Å². The van der Waals surface area contributed by atoms with Crippen LogP contribution in [0.15, 0.2) is 34.2 Å². The van der Waals surface area contributed by atoms with Crippen molar-refractivity contribution in [3.05, 3.63) is 29.8 Å². The van der Waals surface area contributed by atoms with E-state index < -0.39 is 9.84 Å². The second-order valence-corrected chi connectivity index (χ2v) is 8.36. The number of morpholine rings is 1. The molecule has 1 fully saturated rings. The van der Waals surface area contributed by atoms with Gasteiger partial charge in [-0.15, -0.1) is 0 Å². The number of sulfone groups is 1. The summed E-state index contributed by atoms with van der Waals surface area (Å²) in [5.41, 5.74) is 0.975. The average Bonchev–Trinajstić information content (AvgIpc) is 2.63. The zero-order valence-corrected chi connectivity index (χ0v) is 16.5. The Balaban J connectivity index is 1.79. The summed E-state index contributed by atoms with van der Waals surface area (Å²) in [6.07, 6.45) is 2.26. The molecule has 2 N–H and O–H groups in total. The van der Waals surface area contributed by atoms with Crippen LogP contribution in [0.25, 0.3) is 0 Å². The molecule has 1 saturated heterocycles. The zero-order chi connectivity index (χ0) is 18.8. The van der Waals surface area contributed by atoms with Crippen molar-refractivity contribution in [2.24, 2.45) is 4.99 Å². The van der Waals surface area contributed by atoms with Crippen LogP contribution in [0.1, 0.15) is 18.9 Å². The van der Waals surface area contributed by atoms with Gasteiger partial charge in [-0.25, -0.2) is 13.4 Å². The molecular weight excluding hydrogens is 352 g/mol. The first-order chi connectivity index (χ1) is 12.5. The number of ether oxygens (including phenoxy) is 1. The van der Waals surface area contributed by atoms with Crippen molar-refractivity contribution in [2.45, 2.75) is 24.8 Å². The van der Waals surface area contributed by atoms with Crippen LogP contribution in [0.5, 0.6) is 0 Å². The Labute approximate surface area is 156 Å². The van der Waals surface area contributed by atoms with Crippen LogP contribution >= 0.6 is 0 Å². The van der Waals surface area contributed by atoms with E-state index in [1.54, 1.807) is 12.1 Å². The van der Waals surface area contributed by atoms with E-state index in [4.69, 9.17) is 4.74 Å². The molecule has 0 saturated carbocycles. The number of hydrogen-bond donors (Lipinski definition) is 2. The van der Waals surface area contributed by atoms with Crippen LogP contribution in [-0.2, 0) is 21.1 Å². The van der Waals surface area contributed by atoms with Crippen molar-refractivity contribution < 1.29 is 13.2 Å². The highest BCUT2D eigenvalue weighted by atomic mass is 32.2. The molecule has 1 heterocycles. The summed E-state index contributed by atoms with van der Waals surface area (Å²) < 4.78 is 28.4. The molecule has 1 aliphatic heterocycles. The average molecular weight is 383 g/mol. The largest absolute Gasteiger partial charge is 0.379 e. The smallest absolute Gasteiger partial charge is 0.191 e. The molecule has 2 rings (SSSR count). The molecule has 26 heavy (non-hydrogen) atoms. The van der Waals surface area contributed by atoms with Gasteiger partial charge in [0.05, 0.1) is 24.7 Å². The number of nitrogens with one attached hydrogen (secondary N) is 2. The molecule has 1 aromatic carbocycles. The zero-order valence-electron chi connectivity index (χ0n) is 15.7. The number of guanidine groups is 1. The summed E-state index contributed by atoms with van der Waals surface area (Å²) >= 11 is 0. The van der Waals surface area contributed by atoms with Crippen molar-refractivity contribution in [2.75, 3.05) is 52.2 Å². The van der Waals surface area contributed by atoms with Crippen molar-refractivity contribution >= 4 is 15.8 Å². The van der Waals surface area contributed by atoms with E-state index in [2.05, 4.69) is 20.5 Å². The minimum Gasteiger partial charge on any atom is -0.379 e. The van der Waals surface area contributed by atoms with E-state index in [0.29, 0.717) is 11.4 Å². The quantitative estimate of drug-likeness (QED) is 0.394. The first-order valence-corrected chi connectivity index (χ1v) is 11.0. The molecule has 0 radical (unpaired) electrons. The van der Waals surface area contributed by atoms with Crippen LogP contribution in [-0.4, -0.2) is 71.5 Å². The monoisotopic (exact) mass is 382 g/mol. The normalized spacial score (nSPS) is 16.5. The number of benzene rings is 1. The molecule has 0 spiro atoms. The maximum absolute atomic E-state index is 11.5. The standard InChI is InChI=1S/C18H30N4O3S/c1-3-19-18(20-9-4-10-22-11-13-25-14-12-22)21-15-16-5-7-17(8-6-16)26(2,23)24/h5-8H,3-4,9-15H2,1-2H3,(H2,19,20,21). The Hall–Kier alpha value is -1.64. The third-order valence-corrected chi connectivity index (χ3v) is 5.29. The highest BCUT2D eigenvalue weighted by Crippen LogP contribution is 2.10. The van der Waals surface area contributed by atoms with Gasteiger partial charge in [0.15, 0.2) is 15.8 Å². The summed E-state index contributed by atoms with van der Waals surface area (Å²) in [5.74, 6) is 0.779. The second-order valence-electron chi connectivity index (χ2n) is 6.35. The predicted octanol–water partition coefficient (Wildman–Crippen LogP) is 0.868.